The summed E-state index contributed by atoms with van der Waals surface area (Å²) in [5.41, 5.74) is 0.237. The Labute approximate surface area is 80.1 Å². The first-order valence-electron chi connectivity index (χ1n) is 3.91. The van der Waals surface area contributed by atoms with Crippen molar-refractivity contribution < 1.29 is 19.4 Å². The summed E-state index contributed by atoms with van der Waals surface area (Å²) in [5, 5.41) is 12.4. The standard InChI is InChI=1S/C8H10N2O4/c1-5(7(11)12)10-4-6(3-9-10)8(13)14-2/h3-5H,1-2H3,(H,11,12)/t5-/m0/s1. The van der Waals surface area contributed by atoms with Gasteiger partial charge in [-0.05, 0) is 6.92 Å². The second-order valence-electron chi connectivity index (χ2n) is 2.71. The largest absolute Gasteiger partial charge is 0.480 e. The second-order valence-corrected chi connectivity index (χ2v) is 2.71. The molecule has 0 fully saturated rings. The van der Waals surface area contributed by atoms with Gasteiger partial charge in [-0.15, -0.1) is 0 Å². The number of hydrogen-bond donors (Lipinski definition) is 1. The van der Waals surface area contributed by atoms with Gasteiger partial charge in [-0.1, -0.05) is 0 Å². The van der Waals surface area contributed by atoms with Crippen LogP contribution in [0.25, 0.3) is 0 Å². The summed E-state index contributed by atoms with van der Waals surface area (Å²) >= 11 is 0. The van der Waals surface area contributed by atoms with E-state index in [0.717, 1.165) is 0 Å². The number of methoxy groups -OCH3 is 1. The van der Waals surface area contributed by atoms with Crippen LogP contribution in [0, 0.1) is 0 Å². The van der Waals surface area contributed by atoms with Crippen LogP contribution in [0.5, 0.6) is 0 Å². The van der Waals surface area contributed by atoms with E-state index < -0.39 is 18.0 Å². The van der Waals surface area contributed by atoms with Crippen LogP contribution in [0.15, 0.2) is 12.4 Å². The fourth-order valence-corrected chi connectivity index (χ4v) is 0.886. The van der Waals surface area contributed by atoms with Gasteiger partial charge in [-0.3, -0.25) is 4.68 Å². The molecule has 14 heavy (non-hydrogen) atoms. The van der Waals surface area contributed by atoms with Crippen LogP contribution in [-0.4, -0.2) is 33.9 Å². The fraction of sp³-hybridized carbons (Fsp3) is 0.375. The van der Waals surface area contributed by atoms with E-state index >= 15 is 0 Å². The molecule has 1 atom stereocenters. The molecular weight excluding hydrogens is 188 g/mol. The lowest BCUT2D eigenvalue weighted by Gasteiger charge is -2.04. The summed E-state index contributed by atoms with van der Waals surface area (Å²) < 4.78 is 5.64. The summed E-state index contributed by atoms with van der Waals surface area (Å²) in [7, 11) is 1.25. The molecule has 0 spiro atoms. The number of carbonyl (C=O) groups excluding carboxylic acids is 1. The Morgan fingerprint density at radius 3 is 2.79 bits per heavy atom. The van der Waals surface area contributed by atoms with Crippen molar-refractivity contribution >= 4 is 11.9 Å². The van der Waals surface area contributed by atoms with Crippen LogP contribution >= 0.6 is 0 Å². The Morgan fingerprint density at radius 1 is 1.64 bits per heavy atom. The van der Waals surface area contributed by atoms with Gasteiger partial charge in [-0.25, -0.2) is 9.59 Å². The number of nitrogens with zero attached hydrogens (tertiary/aromatic N) is 2. The summed E-state index contributed by atoms with van der Waals surface area (Å²) in [6, 6.07) is -0.798. The highest BCUT2D eigenvalue weighted by Gasteiger charge is 2.16. The second kappa shape index (κ2) is 3.91. The van der Waals surface area contributed by atoms with E-state index in [1.165, 1.54) is 31.1 Å². The fourth-order valence-electron chi connectivity index (χ4n) is 0.886. The van der Waals surface area contributed by atoms with Crippen LogP contribution in [0.1, 0.15) is 23.3 Å². The van der Waals surface area contributed by atoms with Crippen molar-refractivity contribution in [1.29, 1.82) is 0 Å². The third kappa shape index (κ3) is 1.90. The minimum absolute atomic E-state index is 0.237. The highest BCUT2D eigenvalue weighted by molar-refractivity contribution is 5.88. The number of carboxylic acids is 1. The quantitative estimate of drug-likeness (QED) is 0.707. The van der Waals surface area contributed by atoms with Gasteiger partial charge in [0.1, 0.15) is 6.04 Å². The topological polar surface area (TPSA) is 81.4 Å². The first kappa shape index (κ1) is 10.2. The Bertz CT molecular complexity index is 358. The number of aliphatic carboxylic acids is 1. The van der Waals surface area contributed by atoms with Crippen LogP contribution in [-0.2, 0) is 9.53 Å². The lowest BCUT2D eigenvalue weighted by atomic mass is 10.3. The van der Waals surface area contributed by atoms with Gasteiger partial charge in [0.2, 0.25) is 0 Å². The molecule has 0 bridgehead atoms. The molecule has 76 valence electrons. The molecule has 0 saturated carbocycles. The molecule has 0 radical (unpaired) electrons. The number of hydrogen-bond acceptors (Lipinski definition) is 4. The molecule has 0 aliphatic heterocycles. The van der Waals surface area contributed by atoms with Crippen molar-refractivity contribution in [1.82, 2.24) is 9.78 Å². The summed E-state index contributed by atoms with van der Waals surface area (Å²) in [6.45, 7) is 1.47. The normalized spacial score (nSPS) is 12.1. The SMILES string of the molecule is COC(=O)c1cnn([C@@H](C)C(=O)O)c1. The molecule has 0 aliphatic carbocycles. The lowest BCUT2D eigenvalue weighted by molar-refractivity contribution is -0.140. The van der Waals surface area contributed by atoms with Gasteiger partial charge in [0.25, 0.3) is 0 Å². The minimum Gasteiger partial charge on any atom is -0.480 e. The molecule has 0 aromatic carbocycles. The summed E-state index contributed by atoms with van der Waals surface area (Å²) in [4.78, 5) is 21.6. The molecule has 1 aromatic rings. The zero-order valence-electron chi connectivity index (χ0n) is 7.80. The number of rotatable bonds is 3. The zero-order valence-corrected chi connectivity index (χ0v) is 7.80. The van der Waals surface area contributed by atoms with Gasteiger partial charge >= 0.3 is 11.9 Å². The molecule has 6 nitrogen and oxygen atoms in total. The Morgan fingerprint density at radius 2 is 2.29 bits per heavy atom. The van der Waals surface area contributed by atoms with E-state index in [-0.39, 0.29) is 5.56 Å². The molecule has 0 aliphatic rings. The van der Waals surface area contributed by atoms with E-state index in [9.17, 15) is 9.59 Å². The van der Waals surface area contributed by atoms with Crippen molar-refractivity contribution in [2.45, 2.75) is 13.0 Å². The zero-order chi connectivity index (χ0) is 10.7. The highest BCUT2D eigenvalue weighted by atomic mass is 16.5. The number of aromatic nitrogens is 2. The third-order valence-electron chi connectivity index (χ3n) is 1.78. The molecule has 1 N–H and O–H groups in total. The molecule has 1 rings (SSSR count). The predicted molar refractivity (Wildman–Crippen MR) is 45.9 cm³/mol. The molecule has 0 saturated heterocycles. The Balaban J connectivity index is 2.88. The smallest absolute Gasteiger partial charge is 0.341 e. The average Bonchev–Trinajstić information content (AvgIpc) is 2.64. The van der Waals surface area contributed by atoms with Crippen LogP contribution in [0.2, 0.25) is 0 Å². The van der Waals surface area contributed by atoms with Gasteiger partial charge in [0.05, 0.1) is 18.9 Å². The molecule has 0 amide bonds. The van der Waals surface area contributed by atoms with Gasteiger partial charge in [0.15, 0.2) is 0 Å². The van der Waals surface area contributed by atoms with E-state index in [2.05, 4.69) is 9.84 Å². The van der Waals surface area contributed by atoms with Crippen molar-refractivity contribution in [3.63, 3.8) is 0 Å². The van der Waals surface area contributed by atoms with Crippen molar-refractivity contribution in [3.8, 4) is 0 Å². The highest BCUT2D eigenvalue weighted by Crippen LogP contribution is 2.07. The Kier molecular flexibility index (Phi) is 2.85. The number of carboxylic acid groups (broad SMARTS) is 1. The van der Waals surface area contributed by atoms with Crippen LogP contribution in [0.3, 0.4) is 0 Å². The molecular formula is C8H10N2O4. The predicted octanol–water partition coefficient (Wildman–Crippen LogP) is 0.315. The van der Waals surface area contributed by atoms with E-state index in [4.69, 9.17) is 5.11 Å². The third-order valence-corrected chi connectivity index (χ3v) is 1.78. The minimum atomic E-state index is -1.01. The van der Waals surface area contributed by atoms with Crippen molar-refractivity contribution in [3.05, 3.63) is 18.0 Å². The Hall–Kier alpha value is -1.85. The van der Waals surface area contributed by atoms with E-state index in [1.54, 1.807) is 0 Å². The first-order valence-corrected chi connectivity index (χ1v) is 3.91. The van der Waals surface area contributed by atoms with Crippen molar-refractivity contribution in [2.24, 2.45) is 0 Å². The average molecular weight is 198 g/mol. The maximum Gasteiger partial charge on any atom is 0.341 e. The van der Waals surface area contributed by atoms with E-state index in [0.29, 0.717) is 0 Å². The number of ether oxygens (including phenoxy) is 1. The van der Waals surface area contributed by atoms with Gasteiger partial charge in [0, 0.05) is 6.20 Å². The van der Waals surface area contributed by atoms with Gasteiger partial charge in [-0.2, -0.15) is 5.10 Å². The van der Waals surface area contributed by atoms with E-state index in [1.807, 2.05) is 0 Å². The van der Waals surface area contributed by atoms with Crippen LogP contribution in [0.4, 0.5) is 0 Å². The molecule has 0 unspecified atom stereocenters. The number of esters is 1. The summed E-state index contributed by atoms with van der Waals surface area (Å²) in [6.07, 6.45) is 2.61. The van der Waals surface area contributed by atoms with Crippen molar-refractivity contribution in [2.75, 3.05) is 7.11 Å². The lowest BCUT2D eigenvalue weighted by Crippen LogP contribution is -2.15. The summed E-state index contributed by atoms with van der Waals surface area (Å²) in [5.74, 6) is -1.54. The monoisotopic (exact) mass is 198 g/mol. The molecule has 1 aromatic heterocycles. The maximum absolute atomic E-state index is 11.0. The molecule has 6 heteroatoms. The first-order chi connectivity index (χ1) is 6.56. The number of carbonyl (C=O) groups is 2. The molecule has 1 heterocycles. The van der Waals surface area contributed by atoms with Crippen LogP contribution < -0.4 is 0 Å². The van der Waals surface area contributed by atoms with Gasteiger partial charge < -0.3 is 9.84 Å². The maximum atomic E-state index is 11.0.